The van der Waals surface area contributed by atoms with E-state index in [1.807, 2.05) is 0 Å². The Labute approximate surface area is 89.0 Å². The Morgan fingerprint density at radius 2 is 1.87 bits per heavy atom. The number of halogens is 3. The molecule has 15 heavy (non-hydrogen) atoms. The van der Waals surface area contributed by atoms with Crippen molar-refractivity contribution in [1.29, 1.82) is 0 Å². The van der Waals surface area contributed by atoms with E-state index in [0.717, 1.165) is 12.8 Å². The largest absolute Gasteiger partial charge is 0.395 e. The number of hydrogen-bond acceptors (Lipinski definition) is 2. The van der Waals surface area contributed by atoms with Crippen LogP contribution in [0.4, 0.5) is 13.2 Å². The molecule has 0 aromatic heterocycles. The van der Waals surface area contributed by atoms with Crippen LogP contribution in [-0.4, -0.2) is 25.9 Å². The quantitative estimate of drug-likeness (QED) is 0.678. The third-order valence-corrected chi connectivity index (χ3v) is 2.14. The number of alkyl halides is 3. The van der Waals surface area contributed by atoms with Crippen LogP contribution >= 0.6 is 0 Å². The first kappa shape index (κ1) is 14.7. The molecule has 0 amide bonds. The van der Waals surface area contributed by atoms with E-state index in [0.29, 0.717) is 12.5 Å². The van der Waals surface area contributed by atoms with Crippen molar-refractivity contribution < 1.29 is 17.9 Å². The van der Waals surface area contributed by atoms with E-state index in [1.165, 1.54) is 0 Å². The smallest absolute Gasteiger partial charge is 0.381 e. The van der Waals surface area contributed by atoms with Crippen LogP contribution in [0.2, 0.25) is 0 Å². The molecule has 0 fully saturated rings. The maximum Gasteiger partial charge on any atom is 0.395 e. The van der Waals surface area contributed by atoms with E-state index in [4.69, 9.17) is 10.5 Å². The van der Waals surface area contributed by atoms with E-state index in [2.05, 4.69) is 13.8 Å². The minimum absolute atomic E-state index is 0.321. The Bertz CT molecular complexity index is 159. The van der Waals surface area contributed by atoms with Gasteiger partial charge in [-0.3, -0.25) is 0 Å². The molecule has 0 aromatic rings. The number of hydrogen-bond donors (Lipinski definition) is 1. The molecule has 0 aliphatic rings. The van der Waals surface area contributed by atoms with Gasteiger partial charge in [0.05, 0.1) is 12.5 Å². The lowest BCUT2D eigenvalue weighted by Crippen LogP contribution is -2.34. The summed E-state index contributed by atoms with van der Waals surface area (Å²) in [7, 11) is 0. The van der Waals surface area contributed by atoms with E-state index < -0.39 is 18.6 Å². The normalized spacial score (nSPS) is 14.6. The minimum atomic E-state index is -4.24. The SMILES string of the molecule is CC(C)CCCOCC(CN)C(F)(F)F. The van der Waals surface area contributed by atoms with Crippen LogP contribution in [0.15, 0.2) is 0 Å². The van der Waals surface area contributed by atoms with Crippen molar-refractivity contribution in [2.75, 3.05) is 19.8 Å². The number of ether oxygens (including phenoxy) is 1. The summed E-state index contributed by atoms with van der Waals surface area (Å²) in [5.41, 5.74) is 5.02. The van der Waals surface area contributed by atoms with E-state index in [-0.39, 0.29) is 6.61 Å². The van der Waals surface area contributed by atoms with E-state index >= 15 is 0 Å². The molecule has 0 saturated carbocycles. The summed E-state index contributed by atoms with van der Waals surface area (Å²) in [5, 5.41) is 0. The van der Waals surface area contributed by atoms with Gasteiger partial charge in [0.1, 0.15) is 0 Å². The van der Waals surface area contributed by atoms with Gasteiger partial charge in [-0.05, 0) is 18.8 Å². The summed E-state index contributed by atoms with van der Waals surface area (Å²) >= 11 is 0. The maximum atomic E-state index is 12.2. The predicted octanol–water partition coefficient (Wildman–Crippen LogP) is 2.58. The van der Waals surface area contributed by atoms with Crippen molar-refractivity contribution in [2.24, 2.45) is 17.6 Å². The molecule has 0 saturated heterocycles. The summed E-state index contributed by atoms with van der Waals surface area (Å²) in [6.07, 6.45) is -2.47. The first-order valence-corrected chi connectivity index (χ1v) is 5.22. The molecule has 2 N–H and O–H groups in total. The van der Waals surface area contributed by atoms with Crippen molar-refractivity contribution >= 4 is 0 Å². The lowest BCUT2D eigenvalue weighted by molar-refractivity contribution is -0.185. The molecule has 0 aromatic carbocycles. The molecule has 0 bridgehead atoms. The molecule has 0 heterocycles. The second kappa shape index (κ2) is 7.06. The number of rotatable bonds is 7. The second-order valence-corrected chi connectivity index (χ2v) is 4.09. The van der Waals surface area contributed by atoms with Crippen LogP contribution in [0, 0.1) is 11.8 Å². The Hall–Kier alpha value is -0.290. The van der Waals surface area contributed by atoms with Crippen molar-refractivity contribution in [3.05, 3.63) is 0 Å². The average molecular weight is 227 g/mol. The molecule has 2 nitrogen and oxygen atoms in total. The van der Waals surface area contributed by atoms with Crippen LogP contribution in [0.1, 0.15) is 26.7 Å². The summed E-state index contributed by atoms with van der Waals surface area (Å²) < 4.78 is 41.6. The molecule has 0 rings (SSSR count). The molecular formula is C10H20F3NO. The van der Waals surface area contributed by atoms with Gasteiger partial charge < -0.3 is 10.5 Å². The zero-order chi connectivity index (χ0) is 11.9. The van der Waals surface area contributed by atoms with Crippen LogP contribution in [0.5, 0.6) is 0 Å². The van der Waals surface area contributed by atoms with E-state index in [1.54, 1.807) is 0 Å². The highest BCUT2D eigenvalue weighted by molar-refractivity contribution is 4.67. The van der Waals surface area contributed by atoms with Gasteiger partial charge in [-0.2, -0.15) is 13.2 Å². The Morgan fingerprint density at radius 1 is 1.27 bits per heavy atom. The second-order valence-electron chi connectivity index (χ2n) is 4.09. The molecule has 0 spiro atoms. The first-order chi connectivity index (χ1) is 6.88. The molecule has 92 valence electrons. The summed E-state index contributed by atoms with van der Waals surface area (Å²) in [6, 6.07) is 0. The fourth-order valence-electron chi connectivity index (χ4n) is 1.12. The van der Waals surface area contributed by atoms with Crippen LogP contribution in [0.25, 0.3) is 0 Å². The molecule has 0 radical (unpaired) electrons. The Balaban J connectivity index is 3.56. The van der Waals surface area contributed by atoms with Crippen LogP contribution in [-0.2, 0) is 4.74 Å². The maximum absolute atomic E-state index is 12.2. The van der Waals surface area contributed by atoms with Gasteiger partial charge in [0.25, 0.3) is 0 Å². The first-order valence-electron chi connectivity index (χ1n) is 5.22. The number of nitrogens with two attached hydrogens (primary N) is 1. The summed E-state index contributed by atoms with van der Waals surface area (Å²) in [6.45, 7) is 3.79. The van der Waals surface area contributed by atoms with Gasteiger partial charge in [0.2, 0.25) is 0 Å². The molecule has 1 unspecified atom stereocenters. The zero-order valence-electron chi connectivity index (χ0n) is 9.31. The molecule has 5 heteroatoms. The van der Waals surface area contributed by atoms with Gasteiger partial charge in [-0.15, -0.1) is 0 Å². The summed E-state index contributed by atoms with van der Waals surface area (Å²) in [5.74, 6) is -0.974. The highest BCUT2D eigenvalue weighted by Gasteiger charge is 2.38. The van der Waals surface area contributed by atoms with Gasteiger partial charge >= 0.3 is 6.18 Å². The fourth-order valence-corrected chi connectivity index (χ4v) is 1.12. The van der Waals surface area contributed by atoms with Crippen LogP contribution in [0.3, 0.4) is 0 Å². The van der Waals surface area contributed by atoms with E-state index in [9.17, 15) is 13.2 Å². The monoisotopic (exact) mass is 227 g/mol. The Morgan fingerprint density at radius 3 is 2.27 bits per heavy atom. The van der Waals surface area contributed by atoms with Gasteiger partial charge in [-0.1, -0.05) is 13.8 Å². The minimum Gasteiger partial charge on any atom is -0.381 e. The topological polar surface area (TPSA) is 35.2 Å². The van der Waals surface area contributed by atoms with Gasteiger partial charge in [0, 0.05) is 13.2 Å². The third kappa shape index (κ3) is 7.62. The predicted molar refractivity (Wildman–Crippen MR) is 53.5 cm³/mol. The molecule has 0 aliphatic heterocycles. The lowest BCUT2D eigenvalue weighted by atomic mass is 10.1. The molecule has 0 aliphatic carbocycles. The average Bonchev–Trinajstić information content (AvgIpc) is 2.08. The third-order valence-electron chi connectivity index (χ3n) is 2.14. The van der Waals surface area contributed by atoms with Crippen molar-refractivity contribution in [2.45, 2.75) is 32.9 Å². The van der Waals surface area contributed by atoms with Crippen LogP contribution < -0.4 is 5.73 Å². The highest BCUT2D eigenvalue weighted by Crippen LogP contribution is 2.25. The standard InChI is InChI=1S/C10H20F3NO/c1-8(2)4-3-5-15-7-9(6-14)10(11,12)13/h8-9H,3-7,14H2,1-2H3. The Kier molecular flexibility index (Phi) is 6.92. The molecular weight excluding hydrogens is 207 g/mol. The van der Waals surface area contributed by atoms with Crippen molar-refractivity contribution in [1.82, 2.24) is 0 Å². The zero-order valence-corrected chi connectivity index (χ0v) is 9.31. The van der Waals surface area contributed by atoms with Gasteiger partial charge in [0.15, 0.2) is 0 Å². The van der Waals surface area contributed by atoms with Crippen molar-refractivity contribution in [3.63, 3.8) is 0 Å². The fraction of sp³-hybridized carbons (Fsp3) is 1.00. The lowest BCUT2D eigenvalue weighted by Gasteiger charge is -2.18. The molecule has 1 atom stereocenters. The summed E-state index contributed by atoms with van der Waals surface area (Å²) in [4.78, 5) is 0. The van der Waals surface area contributed by atoms with Gasteiger partial charge in [-0.25, -0.2) is 0 Å². The highest BCUT2D eigenvalue weighted by atomic mass is 19.4. The van der Waals surface area contributed by atoms with Crippen molar-refractivity contribution in [3.8, 4) is 0 Å².